The Balaban J connectivity index is 2.56. The van der Waals surface area contributed by atoms with Crippen LogP contribution in [-0.2, 0) is 11.3 Å². The highest BCUT2D eigenvalue weighted by Gasteiger charge is 2.06. The van der Waals surface area contributed by atoms with E-state index in [1.807, 2.05) is 0 Å². The Kier molecular flexibility index (Phi) is 7.46. The van der Waals surface area contributed by atoms with Gasteiger partial charge in [0.1, 0.15) is 5.75 Å². The fourth-order valence-electron chi connectivity index (χ4n) is 1.84. The summed E-state index contributed by atoms with van der Waals surface area (Å²) in [6, 6.07) is 6.30. The first-order valence-electron chi connectivity index (χ1n) is 6.70. The molecule has 0 unspecified atom stereocenters. The van der Waals surface area contributed by atoms with Crippen molar-refractivity contribution >= 4 is 0 Å². The number of ether oxygens (including phenoxy) is 2. The number of methoxy groups -OCH3 is 1. The summed E-state index contributed by atoms with van der Waals surface area (Å²) < 4.78 is 10.9. The Hall–Kier alpha value is -1.06. The van der Waals surface area contributed by atoms with Gasteiger partial charge in [0.2, 0.25) is 0 Å². The Bertz CT molecular complexity index is 339. The van der Waals surface area contributed by atoms with Gasteiger partial charge in [-0.3, -0.25) is 0 Å². The smallest absolute Gasteiger partial charge is 0.126 e. The van der Waals surface area contributed by atoms with Crippen molar-refractivity contribution in [2.45, 2.75) is 33.2 Å². The minimum absolute atomic E-state index is 0.708. The van der Waals surface area contributed by atoms with Crippen LogP contribution in [0.3, 0.4) is 0 Å². The molecule has 3 nitrogen and oxygen atoms in total. The largest absolute Gasteiger partial charge is 0.493 e. The molecular weight excluding hydrogens is 226 g/mol. The zero-order chi connectivity index (χ0) is 13.2. The molecule has 3 heteroatoms. The van der Waals surface area contributed by atoms with Gasteiger partial charge in [-0.1, -0.05) is 25.1 Å². The van der Waals surface area contributed by atoms with Crippen LogP contribution in [0.25, 0.3) is 0 Å². The van der Waals surface area contributed by atoms with Crippen molar-refractivity contribution in [1.82, 2.24) is 5.32 Å². The first kappa shape index (κ1) is 15.0. The second-order valence-corrected chi connectivity index (χ2v) is 4.43. The second-order valence-electron chi connectivity index (χ2n) is 4.43. The molecule has 0 saturated carbocycles. The first-order valence-corrected chi connectivity index (χ1v) is 6.70. The van der Waals surface area contributed by atoms with Crippen LogP contribution in [0, 0.1) is 6.92 Å². The van der Waals surface area contributed by atoms with E-state index in [2.05, 4.69) is 37.4 Å². The molecule has 0 amide bonds. The lowest BCUT2D eigenvalue weighted by Crippen LogP contribution is -2.15. The zero-order valence-electron chi connectivity index (χ0n) is 11.8. The fraction of sp³-hybridized carbons (Fsp3) is 0.600. The number of nitrogens with one attached hydrogen (secondary N) is 1. The SMILES string of the molecule is CCCNCc1cccc(C)c1OCCCOC. The van der Waals surface area contributed by atoms with Crippen molar-refractivity contribution < 1.29 is 9.47 Å². The summed E-state index contributed by atoms with van der Waals surface area (Å²) in [7, 11) is 1.72. The van der Waals surface area contributed by atoms with Gasteiger partial charge in [0.15, 0.2) is 0 Å². The molecule has 0 fully saturated rings. The van der Waals surface area contributed by atoms with Crippen LogP contribution in [0.15, 0.2) is 18.2 Å². The van der Waals surface area contributed by atoms with Crippen LogP contribution >= 0.6 is 0 Å². The van der Waals surface area contributed by atoms with E-state index in [0.717, 1.165) is 38.3 Å². The Labute approximate surface area is 110 Å². The van der Waals surface area contributed by atoms with Crippen molar-refractivity contribution in [3.8, 4) is 5.75 Å². The van der Waals surface area contributed by atoms with E-state index >= 15 is 0 Å². The number of aryl methyl sites for hydroxylation is 1. The lowest BCUT2D eigenvalue weighted by atomic mass is 10.1. The third-order valence-electron chi connectivity index (χ3n) is 2.77. The number of para-hydroxylation sites is 1. The number of hydrogen-bond acceptors (Lipinski definition) is 3. The molecule has 0 aliphatic carbocycles. The fourth-order valence-corrected chi connectivity index (χ4v) is 1.84. The van der Waals surface area contributed by atoms with Gasteiger partial charge in [-0.2, -0.15) is 0 Å². The summed E-state index contributed by atoms with van der Waals surface area (Å²) >= 11 is 0. The molecule has 18 heavy (non-hydrogen) atoms. The predicted octanol–water partition coefficient (Wildman–Crippen LogP) is 2.91. The molecule has 102 valence electrons. The summed E-state index contributed by atoms with van der Waals surface area (Å²) in [5.41, 5.74) is 2.43. The van der Waals surface area contributed by atoms with E-state index < -0.39 is 0 Å². The minimum Gasteiger partial charge on any atom is -0.493 e. The van der Waals surface area contributed by atoms with E-state index in [0.29, 0.717) is 6.61 Å². The van der Waals surface area contributed by atoms with Gasteiger partial charge < -0.3 is 14.8 Å². The third kappa shape index (κ3) is 5.07. The Morgan fingerprint density at radius 3 is 2.78 bits per heavy atom. The maximum Gasteiger partial charge on any atom is 0.126 e. The van der Waals surface area contributed by atoms with Gasteiger partial charge in [-0.25, -0.2) is 0 Å². The van der Waals surface area contributed by atoms with Crippen LogP contribution in [0.5, 0.6) is 5.75 Å². The molecule has 1 aromatic rings. The van der Waals surface area contributed by atoms with Gasteiger partial charge in [0.05, 0.1) is 6.61 Å². The van der Waals surface area contributed by atoms with Crippen LogP contribution in [0.1, 0.15) is 30.9 Å². The monoisotopic (exact) mass is 251 g/mol. The molecule has 0 radical (unpaired) electrons. The summed E-state index contributed by atoms with van der Waals surface area (Å²) in [5, 5.41) is 3.42. The zero-order valence-corrected chi connectivity index (χ0v) is 11.8. The first-order chi connectivity index (χ1) is 8.79. The van der Waals surface area contributed by atoms with Gasteiger partial charge in [0.25, 0.3) is 0 Å². The van der Waals surface area contributed by atoms with Gasteiger partial charge in [-0.05, 0) is 25.5 Å². The topological polar surface area (TPSA) is 30.5 Å². The lowest BCUT2D eigenvalue weighted by molar-refractivity contribution is 0.171. The number of rotatable bonds is 9. The Morgan fingerprint density at radius 2 is 2.06 bits per heavy atom. The summed E-state index contributed by atoms with van der Waals surface area (Å²) in [6.07, 6.45) is 2.07. The molecular formula is C15H25NO2. The van der Waals surface area contributed by atoms with Crippen molar-refractivity contribution in [2.75, 3.05) is 26.9 Å². The predicted molar refractivity (Wildman–Crippen MR) is 75.2 cm³/mol. The number of benzene rings is 1. The van der Waals surface area contributed by atoms with Crippen molar-refractivity contribution in [2.24, 2.45) is 0 Å². The normalized spacial score (nSPS) is 10.6. The molecule has 0 heterocycles. The summed E-state index contributed by atoms with van der Waals surface area (Å²) in [6.45, 7) is 7.63. The average Bonchev–Trinajstić information content (AvgIpc) is 2.37. The van der Waals surface area contributed by atoms with Gasteiger partial charge >= 0.3 is 0 Å². The van der Waals surface area contributed by atoms with E-state index in [1.165, 1.54) is 11.1 Å². The van der Waals surface area contributed by atoms with Crippen LogP contribution in [-0.4, -0.2) is 26.9 Å². The molecule has 0 bridgehead atoms. The molecule has 0 aliphatic rings. The highest BCUT2D eigenvalue weighted by molar-refractivity contribution is 5.40. The maximum atomic E-state index is 5.88. The molecule has 0 aliphatic heterocycles. The second kappa shape index (κ2) is 8.95. The molecule has 0 spiro atoms. The number of hydrogen-bond donors (Lipinski definition) is 1. The molecule has 1 aromatic carbocycles. The quantitative estimate of drug-likeness (QED) is 0.685. The van der Waals surface area contributed by atoms with E-state index in [-0.39, 0.29) is 0 Å². The van der Waals surface area contributed by atoms with Crippen LogP contribution < -0.4 is 10.1 Å². The van der Waals surface area contributed by atoms with Crippen molar-refractivity contribution in [3.05, 3.63) is 29.3 Å². The molecule has 0 atom stereocenters. The maximum absolute atomic E-state index is 5.88. The Morgan fingerprint density at radius 1 is 1.22 bits per heavy atom. The van der Waals surface area contributed by atoms with Crippen LogP contribution in [0.4, 0.5) is 0 Å². The van der Waals surface area contributed by atoms with Crippen molar-refractivity contribution in [3.63, 3.8) is 0 Å². The summed E-state index contributed by atoms with van der Waals surface area (Å²) in [4.78, 5) is 0. The molecule has 0 aromatic heterocycles. The van der Waals surface area contributed by atoms with Gasteiger partial charge in [0, 0.05) is 32.2 Å². The average molecular weight is 251 g/mol. The van der Waals surface area contributed by atoms with E-state index in [1.54, 1.807) is 7.11 Å². The summed E-state index contributed by atoms with van der Waals surface area (Å²) in [5.74, 6) is 1.03. The molecule has 1 rings (SSSR count). The highest BCUT2D eigenvalue weighted by Crippen LogP contribution is 2.23. The van der Waals surface area contributed by atoms with Gasteiger partial charge in [-0.15, -0.1) is 0 Å². The lowest BCUT2D eigenvalue weighted by Gasteiger charge is -2.14. The molecule has 0 saturated heterocycles. The molecule has 1 N–H and O–H groups in total. The third-order valence-corrected chi connectivity index (χ3v) is 2.77. The van der Waals surface area contributed by atoms with Crippen molar-refractivity contribution in [1.29, 1.82) is 0 Å². The van der Waals surface area contributed by atoms with E-state index in [9.17, 15) is 0 Å². The minimum atomic E-state index is 0.708. The highest BCUT2D eigenvalue weighted by atomic mass is 16.5. The van der Waals surface area contributed by atoms with E-state index in [4.69, 9.17) is 9.47 Å². The van der Waals surface area contributed by atoms with Crippen LogP contribution in [0.2, 0.25) is 0 Å². The standard InChI is InChI=1S/C15H25NO2/c1-4-9-16-12-14-8-5-7-13(2)15(14)18-11-6-10-17-3/h5,7-8,16H,4,6,9-12H2,1-3H3.